The van der Waals surface area contributed by atoms with Gasteiger partial charge in [0.15, 0.2) is 0 Å². The Bertz CT molecular complexity index is 1220. The molecule has 0 fully saturated rings. The zero-order valence-corrected chi connectivity index (χ0v) is 20.3. The number of nitrogens with one attached hydrogen (secondary N) is 2. The lowest BCUT2D eigenvalue weighted by atomic mass is 9.91. The van der Waals surface area contributed by atoms with Crippen LogP contribution in [0.4, 0.5) is 0 Å². The highest BCUT2D eigenvalue weighted by Gasteiger charge is 2.13. The van der Waals surface area contributed by atoms with E-state index in [1.807, 2.05) is 42.6 Å². The Labute approximate surface area is 212 Å². The number of imidazole rings is 1. The van der Waals surface area contributed by atoms with Crippen molar-refractivity contribution in [1.29, 1.82) is 5.26 Å². The van der Waals surface area contributed by atoms with Crippen LogP contribution in [-0.2, 0) is 17.8 Å². The first kappa shape index (κ1) is 24.9. The fraction of sp³-hybridized carbons (Fsp3) is 0.233. The average molecular weight is 478 g/mol. The summed E-state index contributed by atoms with van der Waals surface area (Å²) in [5.74, 6) is 0.281. The summed E-state index contributed by atoms with van der Waals surface area (Å²) >= 11 is 0. The maximum Gasteiger partial charge on any atom is 0.221 e. The van der Waals surface area contributed by atoms with Crippen molar-refractivity contribution in [3.8, 4) is 6.07 Å². The Hall–Kier alpha value is -4.21. The fourth-order valence-electron chi connectivity index (χ4n) is 4.25. The van der Waals surface area contributed by atoms with Gasteiger partial charge in [0.25, 0.3) is 0 Å². The summed E-state index contributed by atoms with van der Waals surface area (Å²) in [6, 6.07) is 30.6. The molecule has 0 atom stereocenters. The summed E-state index contributed by atoms with van der Waals surface area (Å²) in [5.41, 5.74) is 5.34. The molecule has 0 unspecified atom stereocenters. The summed E-state index contributed by atoms with van der Waals surface area (Å²) in [4.78, 5) is 16.7. The average Bonchev–Trinajstić information content (AvgIpc) is 3.36. The van der Waals surface area contributed by atoms with E-state index in [0.717, 1.165) is 17.8 Å². The second-order valence-corrected chi connectivity index (χ2v) is 8.75. The molecular formula is C30H31N5O. The number of aromatic nitrogens is 2. The molecule has 0 bridgehead atoms. The second kappa shape index (κ2) is 13.0. The summed E-state index contributed by atoms with van der Waals surface area (Å²) in [6.45, 7) is 2.64. The van der Waals surface area contributed by atoms with Gasteiger partial charge in [0.05, 0.1) is 18.0 Å². The Morgan fingerprint density at radius 3 is 2.22 bits per heavy atom. The number of rotatable bonds is 12. The molecule has 6 nitrogen and oxygen atoms in total. The Kier molecular flexibility index (Phi) is 9.01. The molecule has 0 aliphatic rings. The van der Waals surface area contributed by atoms with Crippen LogP contribution >= 0.6 is 0 Å². The molecule has 182 valence electrons. The number of nitriles is 1. The van der Waals surface area contributed by atoms with Crippen LogP contribution in [0.5, 0.6) is 0 Å². The topological polar surface area (TPSA) is 82.7 Å². The van der Waals surface area contributed by atoms with Gasteiger partial charge in [0.2, 0.25) is 5.91 Å². The molecule has 1 heterocycles. The molecule has 6 heteroatoms. The highest BCUT2D eigenvalue weighted by molar-refractivity contribution is 5.76. The van der Waals surface area contributed by atoms with Gasteiger partial charge in [-0.3, -0.25) is 4.79 Å². The smallest absolute Gasteiger partial charge is 0.221 e. The number of hydrogen-bond acceptors (Lipinski definition) is 4. The monoisotopic (exact) mass is 477 g/mol. The molecular weight excluding hydrogens is 446 g/mol. The Morgan fingerprint density at radius 1 is 0.917 bits per heavy atom. The van der Waals surface area contributed by atoms with Crippen molar-refractivity contribution < 1.29 is 4.79 Å². The summed E-state index contributed by atoms with van der Waals surface area (Å²) in [7, 11) is 0. The van der Waals surface area contributed by atoms with Gasteiger partial charge in [-0.2, -0.15) is 5.26 Å². The van der Waals surface area contributed by atoms with Gasteiger partial charge >= 0.3 is 0 Å². The normalized spacial score (nSPS) is 10.8. The highest BCUT2D eigenvalue weighted by Crippen LogP contribution is 2.23. The van der Waals surface area contributed by atoms with Crippen LogP contribution in [0.1, 0.15) is 40.3 Å². The second-order valence-electron chi connectivity index (χ2n) is 8.75. The predicted molar refractivity (Wildman–Crippen MR) is 141 cm³/mol. The molecule has 4 rings (SSSR count). The molecule has 0 spiro atoms. The first-order chi connectivity index (χ1) is 17.7. The molecule has 2 N–H and O–H groups in total. The standard InChI is InChI=1S/C30H31N5O/c31-19-24-11-13-25(14-12-24)22-35-23-33-20-28(35)15-18-34-30(36)16-17-32-21-29(26-7-3-1-4-8-26)27-9-5-2-6-10-27/h1-14,20,23,29,32H,15-18,21-22H2,(H,34,36). The van der Waals surface area contributed by atoms with Crippen LogP contribution in [0, 0.1) is 11.3 Å². The van der Waals surface area contributed by atoms with Gasteiger partial charge in [-0.15, -0.1) is 0 Å². The SMILES string of the molecule is N#Cc1ccc(Cn2cncc2CCNC(=O)CCNCC(c2ccccc2)c2ccccc2)cc1. The summed E-state index contributed by atoms with van der Waals surface area (Å²) in [5, 5.41) is 15.4. The van der Waals surface area contributed by atoms with E-state index in [1.54, 1.807) is 6.33 Å². The van der Waals surface area contributed by atoms with Crippen LogP contribution in [0.15, 0.2) is 97.5 Å². The zero-order valence-electron chi connectivity index (χ0n) is 20.3. The Balaban J connectivity index is 1.20. The maximum absolute atomic E-state index is 12.4. The van der Waals surface area contributed by atoms with Gasteiger partial charge in [0.1, 0.15) is 0 Å². The van der Waals surface area contributed by atoms with E-state index in [4.69, 9.17) is 5.26 Å². The summed E-state index contributed by atoms with van der Waals surface area (Å²) in [6.07, 6.45) is 4.78. The minimum absolute atomic E-state index is 0.0385. The number of benzene rings is 3. The van der Waals surface area contributed by atoms with E-state index >= 15 is 0 Å². The number of carbonyl (C=O) groups excluding carboxylic acids is 1. The minimum atomic E-state index is 0.0385. The third-order valence-corrected chi connectivity index (χ3v) is 6.22. The van der Waals surface area contributed by atoms with E-state index in [2.05, 4.69) is 74.8 Å². The van der Waals surface area contributed by atoms with Gasteiger partial charge in [-0.1, -0.05) is 72.8 Å². The lowest BCUT2D eigenvalue weighted by molar-refractivity contribution is -0.120. The predicted octanol–water partition coefficient (Wildman–Crippen LogP) is 4.27. The minimum Gasteiger partial charge on any atom is -0.356 e. The number of amides is 1. The van der Waals surface area contributed by atoms with Crippen molar-refractivity contribution >= 4 is 5.91 Å². The van der Waals surface area contributed by atoms with E-state index in [0.29, 0.717) is 38.0 Å². The molecule has 4 aromatic rings. The Morgan fingerprint density at radius 2 is 1.58 bits per heavy atom. The molecule has 0 aliphatic heterocycles. The van der Waals surface area contributed by atoms with Crippen LogP contribution in [0.25, 0.3) is 0 Å². The molecule has 36 heavy (non-hydrogen) atoms. The molecule has 1 amide bonds. The van der Waals surface area contributed by atoms with Crippen LogP contribution < -0.4 is 10.6 Å². The van der Waals surface area contributed by atoms with Crippen molar-refractivity contribution in [2.75, 3.05) is 19.6 Å². The van der Waals surface area contributed by atoms with Crippen molar-refractivity contribution in [3.05, 3.63) is 125 Å². The van der Waals surface area contributed by atoms with Crippen molar-refractivity contribution in [2.24, 2.45) is 0 Å². The number of nitrogens with zero attached hydrogens (tertiary/aromatic N) is 3. The molecule has 0 aliphatic carbocycles. The molecule has 0 saturated heterocycles. The van der Waals surface area contributed by atoms with E-state index in [9.17, 15) is 4.79 Å². The highest BCUT2D eigenvalue weighted by atomic mass is 16.1. The third kappa shape index (κ3) is 7.14. The zero-order chi connectivity index (χ0) is 25.0. The number of hydrogen-bond donors (Lipinski definition) is 2. The van der Waals surface area contributed by atoms with Gasteiger partial charge in [-0.05, 0) is 28.8 Å². The maximum atomic E-state index is 12.4. The summed E-state index contributed by atoms with van der Waals surface area (Å²) < 4.78 is 2.07. The molecule has 0 saturated carbocycles. The van der Waals surface area contributed by atoms with E-state index in [-0.39, 0.29) is 11.8 Å². The number of carbonyl (C=O) groups is 1. The fourth-order valence-corrected chi connectivity index (χ4v) is 4.25. The molecule has 0 radical (unpaired) electrons. The van der Waals surface area contributed by atoms with Crippen LogP contribution in [0.2, 0.25) is 0 Å². The first-order valence-electron chi connectivity index (χ1n) is 12.3. The van der Waals surface area contributed by atoms with E-state index in [1.165, 1.54) is 11.1 Å². The van der Waals surface area contributed by atoms with Crippen LogP contribution in [-0.4, -0.2) is 35.1 Å². The van der Waals surface area contributed by atoms with Crippen molar-refractivity contribution in [3.63, 3.8) is 0 Å². The molecule has 1 aromatic heterocycles. The van der Waals surface area contributed by atoms with Crippen molar-refractivity contribution in [1.82, 2.24) is 20.2 Å². The van der Waals surface area contributed by atoms with Crippen LogP contribution in [0.3, 0.4) is 0 Å². The molecule has 3 aromatic carbocycles. The first-order valence-corrected chi connectivity index (χ1v) is 12.3. The van der Waals surface area contributed by atoms with Gasteiger partial charge < -0.3 is 15.2 Å². The quantitative estimate of drug-likeness (QED) is 0.299. The van der Waals surface area contributed by atoms with Gasteiger partial charge in [0, 0.05) is 56.8 Å². The van der Waals surface area contributed by atoms with E-state index < -0.39 is 0 Å². The largest absolute Gasteiger partial charge is 0.356 e. The van der Waals surface area contributed by atoms with Crippen molar-refractivity contribution in [2.45, 2.75) is 25.3 Å². The lowest BCUT2D eigenvalue weighted by Crippen LogP contribution is -2.31. The third-order valence-electron chi connectivity index (χ3n) is 6.22. The van der Waals surface area contributed by atoms with Gasteiger partial charge in [-0.25, -0.2) is 4.98 Å². The lowest BCUT2D eigenvalue weighted by Gasteiger charge is -2.19.